The predicted molar refractivity (Wildman–Crippen MR) is 66.8 cm³/mol. The highest BCUT2D eigenvalue weighted by Gasteiger charge is 2.42. The van der Waals surface area contributed by atoms with Gasteiger partial charge in [-0.05, 0) is 12.8 Å². The summed E-state index contributed by atoms with van der Waals surface area (Å²) in [5.41, 5.74) is -0.447. The number of nitrogens with zero attached hydrogens (tertiary/aromatic N) is 2. The van der Waals surface area contributed by atoms with E-state index in [0.717, 1.165) is 12.8 Å². The fourth-order valence-corrected chi connectivity index (χ4v) is 2.54. The molecule has 0 aromatic carbocycles. The molecule has 2 aliphatic rings. The van der Waals surface area contributed by atoms with Gasteiger partial charge in [0.2, 0.25) is 11.8 Å². The van der Waals surface area contributed by atoms with Crippen LogP contribution in [0.3, 0.4) is 0 Å². The third-order valence-corrected chi connectivity index (χ3v) is 3.61. The molecular weight excluding hydrogens is 232 g/mol. The summed E-state index contributed by atoms with van der Waals surface area (Å²) < 4.78 is 0. The molecule has 2 fully saturated rings. The summed E-state index contributed by atoms with van der Waals surface area (Å²) >= 11 is 0. The van der Waals surface area contributed by atoms with Crippen molar-refractivity contribution in [1.29, 1.82) is 0 Å². The van der Waals surface area contributed by atoms with Crippen molar-refractivity contribution in [1.82, 2.24) is 9.80 Å². The van der Waals surface area contributed by atoms with Gasteiger partial charge in [0, 0.05) is 25.0 Å². The molecule has 2 aliphatic heterocycles. The van der Waals surface area contributed by atoms with Crippen LogP contribution >= 0.6 is 0 Å². The van der Waals surface area contributed by atoms with E-state index in [4.69, 9.17) is 0 Å². The standard InChI is InChI=1S/C13H22N2O3/c1-13(2,3)12(18)15-6-4-5-10(15)11(17)14-7-9(16)8-14/h9-10,16H,4-8H2,1-3H3. The van der Waals surface area contributed by atoms with E-state index in [2.05, 4.69) is 0 Å². The fourth-order valence-electron chi connectivity index (χ4n) is 2.54. The SMILES string of the molecule is CC(C)(C)C(=O)N1CCCC1C(=O)N1CC(O)C1. The molecule has 0 bridgehead atoms. The number of amides is 2. The van der Waals surface area contributed by atoms with Gasteiger partial charge in [0.15, 0.2) is 0 Å². The molecule has 18 heavy (non-hydrogen) atoms. The van der Waals surface area contributed by atoms with E-state index in [1.807, 2.05) is 20.8 Å². The van der Waals surface area contributed by atoms with Gasteiger partial charge >= 0.3 is 0 Å². The van der Waals surface area contributed by atoms with E-state index >= 15 is 0 Å². The normalized spacial score (nSPS) is 25.2. The van der Waals surface area contributed by atoms with Gasteiger partial charge in [0.25, 0.3) is 0 Å². The van der Waals surface area contributed by atoms with Gasteiger partial charge in [-0.15, -0.1) is 0 Å². The van der Waals surface area contributed by atoms with Crippen LogP contribution in [0.15, 0.2) is 0 Å². The Kier molecular flexibility index (Phi) is 3.36. The van der Waals surface area contributed by atoms with Crippen LogP contribution in [0.2, 0.25) is 0 Å². The molecule has 2 rings (SSSR count). The lowest BCUT2D eigenvalue weighted by Crippen LogP contribution is -2.59. The summed E-state index contributed by atoms with van der Waals surface area (Å²) in [4.78, 5) is 27.9. The molecule has 0 aliphatic carbocycles. The van der Waals surface area contributed by atoms with Crippen molar-refractivity contribution >= 4 is 11.8 Å². The van der Waals surface area contributed by atoms with Crippen LogP contribution in [0.25, 0.3) is 0 Å². The molecule has 0 spiro atoms. The first-order valence-corrected chi connectivity index (χ1v) is 6.58. The summed E-state index contributed by atoms with van der Waals surface area (Å²) in [6, 6.07) is -0.316. The number of rotatable bonds is 1. The maximum atomic E-state index is 12.3. The Hall–Kier alpha value is -1.10. The first-order chi connectivity index (χ1) is 8.30. The molecule has 0 aromatic rings. The average molecular weight is 254 g/mol. The topological polar surface area (TPSA) is 60.9 Å². The van der Waals surface area contributed by atoms with Gasteiger partial charge in [0.05, 0.1) is 6.10 Å². The van der Waals surface area contributed by atoms with Crippen LogP contribution in [0, 0.1) is 5.41 Å². The number of β-amino-alcohol motifs (C(OH)–C–C–N with tert-alkyl or cyclic N) is 1. The van der Waals surface area contributed by atoms with Crippen LogP contribution in [0.1, 0.15) is 33.6 Å². The third-order valence-electron chi connectivity index (χ3n) is 3.61. The highest BCUT2D eigenvalue weighted by molar-refractivity contribution is 5.90. The highest BCUT2D eigenvalue weighted by Crippen LogP contribution is 2.27. The average Bonchev–Trinajstić information content (AvgIpc) is 2.70. The Morgan fingerprint density at radius 3 is 2.33 bits per heavy atom. The van der Waals surface area contributed by atoms with Crippen molar-refractivity contribution in [2.24, 2.45) is 5.41 Å². The first kappa shape index (κ1) is 13.3. The molecule has 102 valence electrons. The number of likely N-dealkylation sites (tertiary alicyclic amines) is 2. The molecule has 5 nitrogen and oxygen atoms in total. The van der Waals surface area contributed by atoms with Gasteiger partial charge in [-0.1, -0.05) is 20.8 Å². The van der Waals surface area contributed by atoms with Crippen molar-refractivity contribution in [3.8, 4) is 0 Å². The second-order valence-corrected chi connectivity index (χ2v) is 6.30. The molecule has 0 saturated carbocycles. The number of carbonyl (C=O) groups excluding carboxylic acids is 2. The van der Waals surface area contributed by atoms with Crippen LogP contribution in [-0.2, 0) is 9.59 Å². The van der Waals surface area contributed by atoms with E-state index < -0.39 is 5.41 Å². The minimum Gasteiger partial charge on any atom is -0.389 e. The van der Waals surface area contributed by atoms with E-state index in [-0.39, 0.29) is 24.0 Å². The zero-order valence-electron chi connectivity index (χ0n) is 11.3. The predicted octanol–water partition coefficient (Wildman–Crippen LogP) is 0.227. The molecule has 2 amide bonds. The van der Waals surface area contributed by atoms with Gasteiger partial charge in [0.1, 0.15) is 6.04 Å². The smallest absolute Gasteiger partial charge is 0.245 e. The molecule has 2 heterocycles. The number of hydrogen-bond donors (Lipinski definition) is 1. The maximum Gasteiger partial charge on any atom is 0.245 e. The summed E-state index contributed by atoms with van der Waals surface area (Å²) in [5, 5.41) is 9.24. The van der Waals surface area contributed by atoms with Gasteiger partial charge in [-0.25, -0.2) is 0 Å². The quantitative estimate of drug-likeness (QED) is 0.728. The van der Waals surface area contributed by atoms with Gasteiger partial charge < -0.3 is 14.9 Å². The Morgan fingerprint density at radius 2 is 1.83 bits per heavy atom. The van der Waals surface area contributed by atoms with Crippen molar-refractivity contribution < 1.29 is 14.7 Å². The van der Waals surface area contributed by atoms with Crippen molar-refractivity contribution in [2.75, 3.05) is 19.6 Å². The Bertz CT molecular complexity index is 356. The third kappa shape index (κ3) is 2.36. The Morgan fingerprint density at radius 1 is 1.22 bits per heavy atom. The number of hydrogen-bond acceptors (Lipinski definition) is 3. The molecule has 1 N–H and O–H groups in total. The molecular formula is C13H22N2O3. The summed E-state index contributed by atoms with van der Waals surface area (Å²) in [6.07, 6.45) is 1.24. The van der Waals surface area contributed by atoms with Crippen LogP contribution in [0.5, 0.6) is 0 Å². The van der Waals surface area contributed by atoms with E-state index in [0.29, 0.717) is 19.6 Å². The molecule has 2 saturated heterocycles. The van der Waals surface area contributed by atoms with E-state index in [9.17, 15) is 14.7 Å². The maximum absolute atomic E-state index is 12.3. The summed E-state index contributed by atoms with van der Waals surface area (Å²) in [5.74, 6) is 0.0369. The minimum absolute atomic E-state index is 0.00426. The largest absolute Gasteiger partial charge is 0.389 e. The zero-order chi connectivity index (χ0) is 13.5. The monoisotopic (exact) mass is 254 g/mol. The first-order valence-electron chi connectivity index (χ1n) is 6.58. The lowest BCUT2D eigenvalue weighted by molar-refractivity contribution is -0.153. The second kappa shape index (κ2) is 4.53. The highest BCUT2D eigenvalue weighted by atomic mass is 16.3. The number of aliphatic hydroxyl groups is 1. The number of aliphatic hydroxyl groups excluding tert-OH is 1. The van der Waals surface area contributed by atoms with Crippen LogP contribution in [-0.4, -0.2) is 58.5 Å². The molecule has 5 heteroatoms. The van der Waals surface area contributed by atoms with Gasteiger partial charge in [-0.2, -0.15) is 0 Å². The summed E-state index contributed by atoms with van der Waals surface area (Å²) in [6.45, 7) is 7.12. The van der Waals surface area contributed by atoms with Crippen molar-refractivity contribution in [2.45, 2.75) is 45.8 Å². The van der Waals surface area contributed by atoms with Crippen LogP contribution < -0.4 is 0 Å². The lowest BCUT2D eigenvalue weighted by Gasteiger charge is -2.40. The summed E-state index contributed by atoms with van der Waals surface area (Å²) in [7, 11) is 0. The van der Waals surface area contributed by atoms with Crippen LogP contribution in [0.4, 0.5) is 0 Å². The number of carbonyl (C=O) groups is 2. The zero-order valence-corrected chi connectivity index (χ0v) is 11.3. The lowest BCUT2D eigenvalue weighted by atomic mass is 9.94. The second-order valence-electron chi connectivity index (χ2n) is 6.30. The Balaban J connectivity index is 2.04. The Labute approximate surface area is 108 Å². The van der Waals surface area contributed by atoms with Gasteiger partial charge in [-0.3, -0.25) is 9.59 Å². The van der Waals surface area contributed by atoms with Crippen molar-refractivity contribution in [3.05, 3.63) is 0 Å². The molecule has 1 atom stereocenters. The molecule has 0 aromatic heterocycles. The minimum atomic E-state index is -0.447. The molecule has 1 unspecified atom stereocenters. The van der Waals surface area contributed by atoms with E-state index in [1.54, 1.807) is 9.80 Å². The molecule has 0 radical (unpaired) electrons. The van der Waals surface area contributed by atoms with Crippen molar-refractivity contribution in [3.63, 3.8) is 0 Å². The van der Waals surface area contributed by atoms with E-state index in [1.165, 1.54) is 0 Å². The fraction of sp³-hybridized carbons (Fsp3) is 0.846.